The number of aromatic nitrogens is 2. The predicted octanol–water partition coefficient (Wildman–Crippen LogP) is 0.736. The average molecular weight is 196 g/mol. The van der Waals surface area contributed by atoms with Gasteiger partial charge in [0.1, 0.15) is 0 Å². The molecular weight excluding hydrogens is 180 g/mol. The SMILES string of the molecule is CCNC(C)(C)C(=O)Nc1cn[nH]c1. The van der Waals surface area contributed by atoms with Crippen molar-refractivity contribution in [1.29, 1.82) is 0 Å². The van der Waals surface area contributed by atoms with Gasteiger partial charge in [-0.2, -0.15) is 5.10 Å². The highest BCUT2D eigenvalue weighted by molar-refractivity contribution is 5.97. The van der Waals surface area contributed by atoms with Gasteiger partial charge in [-0.05, 0) is 20.4 Å². The Kier molecular flexibility index (Phi) is 3.24. The summed E-state index contributed by atoms with van der Waals surface area (Å²) in [6.45, 7) is 6.40. The Morgan fingerprint density at radius 2 is 2.36 bits per heavy atom. The summed E-state index contributed by atoms with van der Waals surface area (Å²) in [6, 6.07) is 0. The number of amides is 1. The maximum atomic E-state index is 11.7. The summed E-state index contributed by atoms with van der Waals surface area (Å²) in [5.74, 6) is -0.0687. The molecule has 3 N–H and O–H groups in total. The normalized spacial score (nSPS) is 11.4. The number of carbonyl (C=O) groups excluding carboxylic acids is 1. The van der Waals surface area contributed by atoms with E-state index in [-0.39, 0.29) is 5.91 Å². The second kappa shape index (κ2) is 4.23. The summed E-state index contributed by atoms with van der Waals surface area (Å²) in [7, 11) is 0. The third-order valence-corrected chi connectivity index (χ3v) is 1.94. The maximum absolute atomic E-state index is 11.7. The Hall–Kier alpha value is -1.36. The zero-order valence-electron chi connectivity index (χ0n) is 8.72. The zero-order valence-corrected chi connectivity index (χ0v) is 8.72. The van der Waals surface area contributed by atoms with Gasteiger partial charge in [0.15, 0.2) is 0 Å². The summed E-state index contributed by atoms with van der Waals surface area (Å²) in [4.78, 5) is 11.7. The van der Waals surface area contributed by atoms with E-state index in [4.69, 9.17) is 0 Å². The van der Waals surface area contributed by atoms with Gasteiger partial charge < -0.3 is 10.6 Å². The van der Waals surface area contributed by atoms with Crippen molar-refractivity contribution >= 4 is 11.6 Å². The van der Waals surface area contributed by atoms with Crippen molar-refractivity contribution in [2.24, 2.45) is 0 Å². The molecule has 0 bridgehead atoms. The number of nitrogens with zero attached hydrogens (tertiary/aromatic N) is 1. The Morgan fingerprint density at radius 3 is 2.86 bits per heavy atom. The van der Waals surface area contributed by atoms with Gasteiger partial charge in [0.25, 0.3) is 0 Å². The van der Waals surface area contributed by atoms with Crippen LogP contribution in [-0.4, -0.2) is 28.2 Å². The maximum Gasteiger partial charge on any atom is 0.244 e. The number of likely N-dealkylation sites (N-methyl/N-ethyl adjacent to an activating group) is 1. The Morgan fingerprint density at radius 1 is 1.64 bits per heavy atom. The van der Waals surface area contributed by atoms with E-state index in [2.05, 4.69) is 20.8 Å². The number of aromatic amines is 1. The Balaban J connectivity index is 2.57. The van der Waals surface area contributed by atoms with Crippen LogP contribution in [0.2, 0.25) is 0 Å². The largest absolute Gasteiger partial charge is 0.322 e. The fourth-order valence-electron chi connectivity index (χ4n) is 1.13. The number of rotatable bonds is 4. The van der Waals surface area contributed by atoms with Crippen LogP contribution < -0.4 is 10.6 Å². The number of H-pyrrole nitrogens is 1. The van der Waals surface area contributed by atoms with Crippen LogP contribution in [0.25, 0.3) is 0 Å². The molecule has 1 aromatic heterocycles. The van der Waals surface area contributed by atoms with E-state index < -0.39 is 5.54 Å². The van der Waals surface area contributed by atoms with Gasteiger partial charge in [-0.25, -0.2) is 0 Å². The molecule has 0 fully saturated rings. The highest BCUT2D eigenvalue weighted by atomic mass is 16.2. The molecule has 0 aliphatic carbocycles. The number of hydrogen-bond donors (Lipinski definition) is 3. The van der Waals surface area contributed by atoms with Crippen molar-refractivity contribution in [2.45, 2.75) is 26.3 Å². The lowest BCUT2D eigenvalue weighted by molar-refractivity contribution is -0.121. The van der Waals surface area contributed by atoms with Crippen molar-refractivity contribution in [2.75, 3.05) is 11.9 Å². The van der Waals surface area contributed by atoms with Gasteiger partial charge in [-0.15, -0.1) is 0 Å². The number of carbonyl (C=O) groups is 1. The molecule has 1 aromatic rings. The first-order chi connectivity index (χ1) is 6.56. The highest BCUT2D eigenvalue weighted by Gasteiger charge is 2.26. The molecule has 1 heterocycles. The molecule has 0 saturated carbocycles. The van der Waals surface area contributed by atoms with Gasteiger partial charge in [-0.3, -0.25) is 9.89 Å². The van der Waals surface area contributed by atoms with Crippen LogP contribution in [-0.2, 0) is 4.79 Å². The predicted molar refractivity (Wildman–Crippen MR) is 55.0 cm³/mol. The van der Waals surface area contributed by atoms with Crippen molar-refractivity contribution in [3.05, 3.63) is 12.4 Å². The van der Waals surface area contributed by atoms with Crippen LogP contribution in [0, 0.1) is 0 Å². The fourth-order valence-corrected chi connectivity index (χ4v) is 1.13. The minimum absolute atomic E-state index is 0.0687. The van der Waals surface area contributed by atoms with E-state index in [0.29, 0.717) is 5.69 Å². The van der Waals surface area contributed by atoms with Gasteiger partial charge in [0.2, 0.25) is 5.91 Å². The van der Waals surface area contributed by atoms with Crippen molar-refractivity contribution < 1.29 is 4.79 Å². The topological polar surface area (TPSA) is 69.8 Å². The summed E-state index contributed by atoms with van der Waals surface area (Å²) < 4.78 is 0. The van der Waals surface area contributed by atoms with E-state index in [0.717, 1.165) is 6.54 Å². The van der Waals surface area contributed by atoms with Crippen LogP contribution in [0.15, 0.2) is 12.4 Å². The van der Waals surface area contributed by atoms with Gasteiger partial charge in [0, 0.05) is 6.20 Å². The van der Waals surface area contributed by atoms with Crippen molar-refractivity contribution in [3.8, 4) is 0 Å². The number of anilines is 1. The van der Waals surface area contributed by atoms with E-state index in [1.165, 1.54) is 0 Å². The molecule has 14 heavy (non-hydrogen) atoms. The molecule has 0 saturated heterocycles. The zero-order chi connectivity index (χ0) is 10.6. The minimum atomic E-state index is -0.563. The summed E-state index contributed by atoms with van der Waals surface area (Å²) in [5.41, 5.74) is 0.118. The van der Waals surface area contributed by atoms with Crippen LogP contribution in [0.4, 0.5) is 5.69 Å². The van der Waals surface area contributed by atoms with E-state index in [9.17, 15) is 4.79 Å². The molecule has 78 valence electrons. The highest BCUT2D eigenvalue weighted by Crippen LogP contribution is 2.08. The third-order valence-electron chi connectivity index (χ3n) is 1.94. The van der Waals surface area contributed by atoms with Crippen LogP contribution >= 0.6 is 0 Å². The van der Waals surface area contributed by atoms with Crippen molar-refractivity contribution in [3.63, 3.8) is 0 Å². The second-order valence-electron chi connectivity index (χ2n) is 3.60. The lowest BCUT2D eigenvalue weighted by Gasteiger charge is -2.23. The smallest absolute Gasteiger partial charge is 0.244 e. The summed E-state index contributed by atoms with van der Waals surface area (Å²) in [6.07, 6.45) is 3.21. The minimum Gasteiger partial charge on any atom is -0.322 e. The molecule has 1 amide bonds. The van der Waals surface area contributed by atoms with Crippen LogP contribution in [0.1, 0.15) is 20.8 Å². The first kappa shape index (κ1) is 10.7. The molecule has 5 nitrogen and oxygen atoms in total. The molecule has 0 radical (unpaired) electrons. The van der Waals surface area contributed by atoms with Crippen molar-refractivity contribution in [1.82, 2.24) is 15.5 Å². The summed E-state index contributed by atoms with van der Waals surface area (Å²) >= 11 is 0. The average Bonchev–Trinajstić information content (AvgIpc) is 2.56. The van der Waals surface area contributed by atoms with Gasteiger partial charge in [0.05, 0.1) is 17.4 Å². The molecular formula is C9H16N4O. The van der Waals surface area contributed by atoms with Gasteiger partial charge in [-0.1, -0.05) is 6.92 Å². The third kappa shape index (κ3) is 2.56. The number of hydrogen-bond acceptors (Lipinski definition) is 3. The summed E-state index contributed by atoms with van der Waals surface area (Å²) in [5, 5.41) is 12.2. The first-order valence-electron chi connectivity index (χ1n) is 4.61. The van der Waals surface area contributed by atoms with Crippen LogP contribution in [0.5, 0.6) is 0 Å². The molecule has 0 spiro atoms. The Bertz CT molecular complexity index is 292. The fraction of sp³-hybridized carbons (Fsp3) is 0.556. The first-order valence-corrected chi connectivity index (χ1v) is 4.61. The van der Waals surface area contributed by atoms with E-state index >= 15 is 0 Å². The lowest BCUT2D eigenvalue weighted by Crippen LogP contribution is -2.49. The van der Waals surface area contributed by atoms with Crippen LogP contribution in [0.3, 0.4) is 0 Å². The molecule has 0 aliphatic heterocycles. The molecule has 0 aliphatic rings. The van der Waals surface area contributed by atoms with Gasteiger partial charge >= 0.3 is 0 Å². The van der Waals surface area contributed by atoms with E-state index in [1.54, 1.807) is 12.4 Å². The molecule has 0 aromatic carbocycles. The number of nitrogens with one attached hydrogen (secondary N) is 3. The lowest BCUT2D eigenvalue weighted by atomic mass is 10.0. The van der Waals surface area contributed by atoms with E-state index in [1.807, 2.05) is 20.8 Å². The standard InChI is InChI=1S/C9H16N4O/c1-4-10-9(2,3)8(14)13-7-5-11-12-6-7/h5-6,10H,4H2,1-3H3,(H,11,12)(H,13,14). The quantitative estimate of drug-likeness (QED) is 0.665. The monoisotopic (exact) mass is 196 g/mol. The molecule has 0 unspecified atom stereocenters. The second-order valence-corrected chi connectivity index (χ2v) is 3.60. The molecule has 1 rings (SSSR count). The Labute approximate surface area is 83.3 Å². The molecule has 0 atom stereocenters. The molecule has 5 heteroatoms.